The Morgan fingerprint density at radius 3 is 2.49 bits per heavy atom. The fraction of sp³-hybridized carbons (Fsp3) is 0.107. The number of nitrogens with one attached hydrogen (secondary N) is 2. The summed E-state index contributed by atoms with van der Waals surface area (Å²) >= 11 is 0. The second-order valence-corrected chi connectivity index (χ2v) is 7.92. The molecule has 2 aromatic heterocycles. The summed E-state index contributed by atoms with van der Waals surface area (Å²) in [5, 5.41) is 2.96. The van der Waals surface area contributed by atoms with Crippen LogP contribution in [-0.4, -0.2) is 35.6 Å². The standard InChI is InChI=1S/C28H23N3O4/c1-3-35-28(33)22-16-30-24(25(22)18-7-9-19(34-2)10-8-18)15-21-26-20(17-11-13-29-14-12-17)5-4-6-23(26)31-27(21)32/h4-16,30H,3H2,1-2H3,(H,31,32). The highest BCUT2D eigenvalue weighted by Gasteiger charge is 2.28. The number of benzene rings is 2. The minimum Gasteiger partial charge on any atom is -0.497 e. The Morgan fingerprint density at radius 1 is 1.00 bits per heavy atom. The number of aromatic nitrogens is 2. The number of amides is 1. The molecular weight excluding hydrogens is 442 g/mol. The van der Waals surface area contributed by atoms with Crippen LogP contribution in [0, 0.1) is 0 Å². The molecule has 2 N–H and O–H groups in total. The summed E-state index contributed by atoms with van der Waals surface area (Å²) in [5.41, 5.74) is 6.37. The van der Waals surface area contributed by atoms with E-state index in [9.17, 15) is 9.59 Å². The molecule has 1 aliphatic heterocycles. The number of nitrogens with zero attached hydrogens (tertiary/aromatic N) is 1. The molecule has 2 aromatic carbocycles. The Labute approximate surface area is 202 Å². The Bertz CT molecular complexity index is 1440. The molecule has 0 atom stereocenters. The lowest BCUT2D eigenvalue weighted by atomic mass is 9.93. The maximum atomic E-state index is 13.1. The van der Waals surface area contributed by atoms with Crippen molar-refractivity contribution >= 4 is 29.2 Å². The quantitative estimate of drug-likeness (QED) is 0.293. The zero-order valence-electron chi connectivity index (χ0n) is 19.3. The number of anilines is 1. The molecule has 0 saturated carbocycles. The summed E-state index contributed by atoms with van der Waals surface area (Å²) in [7, 11) is 1.60. The smallest absolute Gasteiger partial charge is 0.340 e. The van der Waals surface area contributed by atoms with Crippen molar-refractivity contribution in [1.29, 1.82) is 0 Å². The molecule has 35 heavy (non-hydrogen) atoms. The number of rotatable bonds is 6. The van der Waals surface area contributed by atoms with E-state index in [1.165, 1.54) is 0 Å². The average molecular weight is 466 g/mol. The average Bonchev–Trinajstić information content (AvgIpc) is 3.45. The number of esters is 1. The van der Waals surface area contributed by atoms with E-state index in [1.54, 1.807) is 38.7 Å². The summed E-state index contributed by atoms with van der Waals surface area (Å²) in [6.45, 7) is 2.02. The maximum Gasteiger partial charge on any atom is 0.340 e. The molecule has 5 rings (SSSR count). The summed E-state index contributed by atoms with van der Waals surface area (Å²) in [6.07, 6.45) is 6.85. The number of carbonyl (C=O) groups excluding carboxylic acids is 2. The van der Waals surface area contributed by atoms with Crippen molar-refractivity contribution in [2.75, 3.05) is 19.0 Å². The second kappa shape index (κ2) is 9.30. The molecule has 1 amide bonds. The molecule has 1 aliphatic rings. The number of pyridine rings is 1. The molecule has 0 saturated heterocycles. The summed E-state index contributed by atoms with van der Waals surface area (Å²) < 4.78 is 10.6. The number of hydrogen-bond acceptors (Lipinski definition) is 5. The number of H-pyrrole nitrogens is 1. The molecule has 0 aliphatic carbocycles. The Balaban J connectivity index is 1.68. The first-order valence-electron chi connectivity index (χ1n) is 11.2. The Morgan fingerprint density at radius 2 is 1.77 bits per heavy atom. The van der Waals surface area contributed by atoms with Crippen LogP contribution in [0.5, 0.6) is 5.75 Å². The first-order chi connectivity index (χ1) is 17.1. The Hall–Kier alpha value is -4.65. The third-order valence-electron chi connectivity index (χ3n) is 5.89. The lowest BCUT2D eigenvalue weighted by Gasteiger charge is -2.10. The number of methoxy groups -OCH3 is 1. The van der Waals surface area contributed by atoms with Crippen LogP contribution in [0.25, 0.3) is 33.9 Å². The van der Waals surface area contributed by atoms with Gasteiger partial charge in [-0.15, -0.1) is 0 Å². The van der Waals surface area contributed by atoms with Crippen LogP contribution in [0.15, 0.2) is 73.2 Å². The van der Waals surface area contributed by atoms with Gasteiger partial charge in [-0.25, -0.2) is 4.79 Å². The summed E-state index contributed by atoms with van der Waals surface area (Å²) in [6, 6.07) is 17.0. The van der Waals surface area contributed by atoms with Crippen molar-refractivity contribution in [1.82, 2.24) is 9.97 Å². The lowest BCUT2D eigenvalue weighted by molar-refractivity contribution is -0.110. The third kappa shape index (κ3) is 4.08. The third-order valence-corrected chi connectivity index (χ3v) is 5.89. The van der Waals surface area contributed by atoms with E-state index in [0.29, 0.717) is 28.1 Å². The predicted molar refractivity (Wildman–Crippen MR) is 135 cm³/mol. The van der Waals surface area contributed by atoms with Crippen LogP contribution in [0.4, 0.5) is 5.69 Å². The Kier molecular flexibility index (Phi) is 5.89. The molecular formula is C28H23N3O4. The van der Waals surface area contributed by atoms with Gasteiger partial charge < -0.3 is 19.8 Å². The van der Waals surface area contributed by atoms with Crippen LogP contribution < -0.4 is 10.1 Å². The van der Waals surface area contributed by atoms with E-state index >= 15 is 0 Å². The van der Waals surface area contributed by atoms with Gasteiger partial charge in [0.05, 0.1) is 24.9 Å². The van der Waals surface area contributed by atoms with Gasteiger partial charge in [0.2, 0.25) is 0 Å². The summed E-state index contributed by atoms with van der Waals surface area (Å²) in [5.74, 6) is 0.0513. The number of ether oxygens (including phenoxy) is 2. The minimum atomic E-state index is -0.437. The van der Waals surface area contributed by atoms with Gasteiger partial charge in [-0.2, -0.15) is 0 Å². The normalized spacial score (nSPS) is 13.4. The topological polar surface area (TPSA) is 93.3 Å². The predicted octanol–water partition coefficient (Wildman–Crippen LogP) is 5.42. The van der Waals surface area contributed by atoms with Crippen molar-refractivity contribution in [2.24, 2.45) is 0 Å². The van der Waals surface area contributed by atoms with Crippen molar-refractivity contribution in [3.8, 4) is 28.0 Å². The van der Waals surface area contributed by atoms with Crippen LogP contribution in [0.1, 0.15) is 28.5 Å². The van der Waals surface area contributed by atoms with Crippen LogP contribution >= 0.6 is 0 Å². The van der Waals surface area contributed by atoms with Gasteiger partial charge in [0.1, 0.15) is 5.75 Å². The van der Waals surface area contributed by atoms with Crippen molar-refractivity contribution in [3.63, 3.8) is 0 Å². The number of carbonyl (C=O) groups is 2. The molecule has 0 spiro atoms. The number of hydrogen-bond donors (Lipinski definition) is 2. The minimum absolute atomic E-state index is 0.213. The highest BCUT2D eigenvalue weighted by Crippen LogP contribution is 2.41. The van der Waals surface area contributed by atoms with Crippen molar-refractivity contribution in [3.05, 3.63) is 90.0 Å². The van der Waals surface area contributed by atoms with Gasteiger partial charge in [0.25, 0.3) is 5.91 Å². The van der Waals surface area contributed by atoms with Gasteiger partial charge in [-0.1, -0.05) is 24.3 Å². The zero-order valence-corrected chi connectivity index (χ0v) is 19.3. The molecule has 0 bridgehead atoms. The fourth-order valence-electron chi connectivity index (χ4n) is 4.30. The van der Waals surface area contributed by atoms with E-state index in [4.69, 9.17) is 9.47 Å². The molecule has 7 heteroatoms. The van der Waals surface area contributed by atoms with Gasteiger partial charge in [-0.05, 0) is 60.0 Å². The van der Waals surface area contributed by atoms with Gasteiger partial charge in [-0.3, -0.25) is 9.78 Å². The molecule has 4 aromatic rings. The van der Waals surface area contributed by atoms with Crippen LogP contribution in [-0.2, 0) is 9.53 Å². The first kappa shape index (κ1) is 22.2. The number of fused-ring (bicyclic) bond motifs is 1. The largest absolute Gasteiger partial charge is 0.497 e. The fourth-order valence-corrected chi connectivity index (χ4v) is 4.30. The van der Waals surface area contributed by atoms with Crippen molar-refractivity contribution in [2.45, 2.75) is 6.92 Å². The van der Waals surface area contributed by atoms with E-state index in [1.807, 2.05) is 54.6 Å². The van der Waals surface area contributed by atoms with Gasteiger partial charge in [0.15, 0.2) is 0 Å². The molecule has 0 unspecified atom stereocenters. The zero-order chi connectivity index (χ0) is 24.4. The SMILES string of the molecule is CCOC(=O)c1c[nH]c(C=C2C(=O)Nc3cccc(-c4ccncc4)c32)c1-c1ccc(OC)cc1. The maximum absolute atomic E-state index is 13.1. The molecule has 3 heterocycles. The van der Waals surface area contributed by atoms with Crippen LogP contribution in [0.3, 0.4) is 0 Å². The van der Waals surface area contributed by atoms with Gasteiger partial charge >= 0.3 is 5.97 Å². The van der Waals surface area contributed by atoms with E-state index < -0.39 is 5.97 Å². The summed E-state index contributed by atoms with van der Waals surface area (Å²) in [4.78, 5) is 33.1. The lowest BCUT2D eigenvalue weighted by Crippen LogP contribution is -2.05. The molecule has 0 radical (unpaired) electrons. The number of aromatic amines is 1. The second-order valence-electron chi connectivity index (χ2n) is 7.92. The van der Waals surface area contributed by atoms with E-state index in [-0.39, 0.29) is 12.5 Å². The highest BCUT2D eigenvalue weighted by atomic mass is 16.5. The van der Waals surface area contributed by atoms with Crippen LogP contribution in [0.2, 0.25) is 0 Å². The van der Waals surface area contributed by atoms with Crippen molar-refractivity contribution < 1.29 is 19.1 Å². The van der Waals surface area contributed by atoms with Gasteiger partial charge in [0, 0.05) is 41.1 Å². The van der Waals surface area contributed by atoms with E-state index in [0.717, 1.165) is 27.9 Å². The van der Waals surface area contributed by atoms with E-state index in [2.05, 4.69) is 15.3 Å². The molecule has 174 valence electrons. The first-order valence-corrected chi connectivity index (χ1v) is 11.2. The highest BCUT2D eigenvalue weighted by molar-refractivity contribution is 6.36. The molecule has 7 nitrogen and oxygen atoms in total. The molecule has 0 fully saturated rings. The monoisotopic (exact) mass is 465 g/mol.